The highest BCUT2D eigenvalue weighted by molar-refractivity contribution is 9.10. The molecule has 156 valence electrons. The van der Waals surface area contributed by atoms with Gasteiger partial charge in [0.05, 0.1) is 19.9 Å². The molecule has 1 aliphatic heterocycles. The van der Waals surface area contributed by atoms with Gasteiger partial charge in [0, 0.05) is 10.0 Å². The molecule has 0 N–H and O–H groups in total. The summed E-state index contributed by atoms with van der Waals surface area (Å²) in [5.41, 5.74) is 3.85. The fourth-order valence-corrected chi connectivity index (χ4v) is 3.68. The van der Waals surface area contributed by atoms with Gasteiger partial charge in [-0.05, 0) is 60.5 Å². The van der Waals surface area contributed by atoms with Crippen LogP contribution >= 0.6 is 15.9 Å². The van der Waals surface area contributed by atoms with Gasteiger partial charge in [-0.3, -0.25) is 9.69 Å². The Bertz CT molecular complexity index is 1200. The van der Waals surface area contributed by atoms with E-state index in [-0.39, 0.29) is 5.91 Å². The minimum Gasteiger partial charge on any atom is -0.493 e. The van der Waals surface area contributed by atoms with Crippen molar-refractivity contribution in [2.45, 2.75) is 6.92 Å². The fourth-order valence-electron chi connectivity index (χ4n) is 3.42. The molecule has 0 spiro atoms. The predicted molar refractivity (Wildman–Crippen MR) is 127 cm³/mol. The molecule has 0 saturated carbocycles. The van der Waals surface area contributed by atoms with Crippen LogP contribution in [0.2, 0.25) is 0 Å². The van der Waals surface area contributed by atoms with Gasteiger partial charge in [0.2, 0.25) is 0 Å². The highest BCUT2D eigenvalue weighted by Crippen LogP contribution is 2.31. The van der Waals surface area contributed by atoms with Gasteiger partial charge in [-0.2, -0.15) is 0 Å². The Morgan fingerprint density at radius 3 is 2.35 bits per heavy atom. The molecule has 0 bridgehead atoms. The number of carbonyl (C=O) groups excluding carboxylic acids is 1. The van der Waals surface area contributed by atoms with Crippen LogP contribution in [0.4, 0.5) is 5.69 Å². The molecule has 0 fully saturated rings. The Morgan fingerprint density at radius 1 is 0.935 bits per heavy atom. The number of hydrogen-bond acceptors (Lipinski definition) is 4. The van der Waals surface area contributed by atoms with E-state index >= 15 is 0 Å². The van der Waals surface area contributed by atoms with Crippen molar-refractivity contribution < 1.29 is 14.3 Å². The van der Waals surface area contributed by atoms with E-state index in [0.717, 1.165) is 26.9 Å². The first-order chi connectivity index (χ1) is 15.0. The molecule has 1 aliphatic rings. The molecule has 0 aliphatic carbocycles. The van der Waals surface area contributed by atoms with E-state index in [4.69, 9.17) is 14.5 Å². The van der Waals surface area contributed by atoms with Crippen molar-refractivity contribution in [3.63, 3.8) is 0 Å². The number of rotatable bonds is 5. The maximum absolute atomic E-state index is 13.4. The number of ether oxygens (including phenoxy) is 2. The summed E-state index contributed by atoms with van der Waals surface area (Å²) in [6.07, 6.45) is 1.76. The number of amides is 1. The smallest absolute Gasteiger partial charge is 0.282 e. The Kier molecular flexibility index (Phi) is 5.91. The second-order valence-electron chi connectivity index (χ2n) is 7.07. The van der Waals surface area contributed by atoms with Crippen LogP contribution in [0.25, 0.3) is 6.08 Å². The minimum atomic E-state index is -0.182. The molecule has 1 heterocycles. The normalized spacial score (nSPS) is 14.7. The van der Waals surface area contributed by atoms with Crippen molar-refractivity contribution in [1.82, 2.24) is 0 Å². The van der Waals surface area contributed by atoms with Crippen molar-refractivity contribution in [1.29, 1.82) is 0 Å². The molecule has 1 amide bonds. The number of amidine groups is 1. The Morgan fingerprint density at radius 2 is 1.68 bits per heavy atom. The van der Waals surface area contributed by atoms with Gasteiger partial charge >= 0.3 is 0 Å². The van der Waals surface area contributed by atoms with Gasteiger partial charge in [-0.15, -0.1) is 0 Å². The van der Waals surface area contributed by atoms with E-state index in [2.05, 4.69) is 15.9 Å². The number of carbonyl (C=O) groups is 1. The number of halogens is 1. The number of methoxy groups -OCH3 is 2. The second kappa shape index (κ2) is 8.78. The van der Waals surface area contributed by atoms with Gasteiger partial charge in [0.25, 0.3) is 5.91 Å². The van der Waals surface area contributed by atoms with Crippen LogP contribution in [0.15, 0.2) is 81.9 Å². The quantitative estimate of drug-likeness (QED) is 0.449. The zero-order valence-corrected chi connectivity index (χ0v) is 19.0. The minimum absolute atomic E-state index is 0.182. The lowest BCUT2D eigenvalue weighted by Gasteiger charge is -2.19. The molecule has 3 aromatic carbocycles. The second-order valence-corrected chi connectivity index (χ2v) is 7.98. The maximum Gasteiger partial charge on any atom is 0.282 e. The monoisotopic (exact) mass is 476 g/mol. The van der Waals surface area contributed by atoms with E-state index in [1.54, 1.807) is 25.2 Å². The molecular formula is C25H21BrN2O3. The lowest BCUT2D eigenvalue weighted by Crippen LogP contribution is -2.32. The summed E-state index contributed by atoms with van der Waals surface area (Å²) < 4.78 is 11.6. The Balaban J connectivity index is 1.81. The summed E-state index contributed by atoms with van der Waals surface area (Å²) in [5.74, 6) is 1.63. The van der Waals surface area contributed by atoms with Gasteiger partial charge in [-0.25, -0.2) is 4.99 Å². The number of anilines is 1. The van der Waals surface area contributed by atoms with Crippen LogP contribution in [0.3, 0.4) is 0 Å². The molecular weight excluding hydrogens is 456 g/mol. The zero-order valence-electron chi connectivity index (χ0n) is 17.4. The van der Waals surface area contributed by atoms with E-state index in [9.17, 15) is 4.79 Å². The van der Waals surface area contributed by atoms with Crippen molar-refractivity contribution in [2.75, 3.05) is 19.1 Å². The first kappa shape index (κ1) is 20.9. The summed E-state index contributed by atoms with van der Waals surface area (Å²) in [6.45, 7) is 2.00. The number of aliphatic imine (C=N–C) groups is 1. The molecule has 3 aromatic rings. The van der Waals surface area contributed by atoms with Crippen molar-refractivity contribution in [2.24, 2.45) is 4.99 Å². The van der Waals surface area contributed by atoms with Crippen LogP contribution in [-0.2, 0) is 4.79 Å². The summed E-state index contributed by atoms with van der Waals surface area (Å²) in [7, 11) is 3.17. The zero-order chi connectivity index (χ0) is 22.0. The molecule has 4 rings (SSSR count). The fraction of sp³-hybridized carbons (Fsp3) is 0.120. The molecule has 0 atom stereocenters. The first-order valence-corrected chi connectivity index (χ1v) is 10.5. The SMILES string of the molecule is COc1ccc(/C=C2/N=C(c3ccc(Br)cc3)N(c3cccc(C)c3)C2=O)cc1OC. The van der Waals surface area contributed by atoms with Crippen LogP contribution in [0.5, 0.6) is 11.5 Å². The number of benzene rings is 3. The maximum atomic E-state index is 13.4. The van der Waals surface area contributed by atoms with Crippen molar-refractivity contribution in [3.05, 3.63) is 93.6 Å². The molecule has 31 heavy (non-hydrogen) atoms. The highest BCUT2D eigenvalue weighted by Gasteiger charge is 2.32. The third kappa shape index (κ3) is 4.25. The van der Waals surface area contributed by atoms with E-state index in [1.165, 1.54) is 0 Å². The van der Waals surface area contributed by atoms with Crippen LogP contribution < -0.4 is 14.4 Å². The lowest BCUT2D eigenvalue weighted by atomic mass is 10.1. The molecule has 0 saturated heterocycles. The highest BCUT2D eigenvalue weighted by atomic mass is 79.9. The standard InChI is InChI=1S/C25H21BrN2O3/c1-16-5-4-6-20(13-16)28-24(18-8-10-19(26)11-9-18)27-21(25(28)29)14-17-7-12-22(30-2)23(15-17)31-3/h4-15H,1-3H3/b21-14+. The molecule has 0 aromatic heterocycles. The summed E-state index contributed by atoms with van der Waals surface area (Å²) in [5, 5.41) is 0. The van der Waals surface area contributed by atoms with Crippen LogP contribution in [0.1, 0.15) is 16.7 Å². The number of nitrogens with zero attached hydrogens (tertiary/aromatic N) is 2. The molecule has 5 nitrogen and oxygen atoms in total. The average Bonchev–Trinajstić information content (AvgIpc) is 3.10. The first-order valence-electron chi connectivity index (χ1n) is 9.69. The summed E-state index contributed by atoms with van der Waals surface area (Å²) in [4.78, 5) is 19.8. The van der Waals surface area contributed by atoms with E-state index in [1.807, 2.05) is 73.7 Å². The average molecular weight is 477 g/mol. The Labute approximate surface area is 189 Å². The van der Waals surface area contributed by atoms with E-state index in [0.29, 0.717) is 23.0 Å². The topological polar surface area (TPSA) is 51.1 Å². The van der Waals surface area contributed by atoms with Gasteiger partial charge in [0.15, 0.2) is 11.5 Å². The van der Waals surface area contributed by atoms with Crippen molar-refractivity contribution in [3.8, 4) is 11.5 Å². The lowest BCUT2D eigenvalue weighted by molar-refractivity contribution is -0.113. The van der Waals surface area contributed by atoms with Gasteiger partial charge in [0.1, 0.15) is 11.5 Å². The van der Waals surface area contributed by atoms with Crippen LogP contribution in [-0.4, -0.2) is 26.0 Å². The Hall–Kier alpha value is -3.38. The van der Waals surface area contributed by atoms with E-state index < -0.39 is 0 Å². The third-order valence-electron chi connectivity index (χ3n) is 4.93. The summed E-state index contributed by atoms with van der Waals surface area (Å²) >= 11 is 3.46. The third-order valence-corrected chi connectivity index (χ3v) is 5.46. The van der Waals surface area contributed by atoms with Crippen LogP contribution in [0, 0.1) is 6.92 Å². The van der Waals surface area contributed by atoms with Gasteiger partial charge in [-0.1, -0.05) is 46.3 Å². The molecule has 0 unspecified atom stereocenters. The molecule has 6 heteroatoms. The summed E-state index contributed by atoms with van der Waals surface area (Å²) in [6, 6.07) is 21.1. The predicted octanol–water partition coefficient (Wildman–Crippen LogP) is 5.61. The number of hydrogen-bond donors (Lipinski definition) is 0. The number of aryl methyl sites for hydroxylation is 1. The van der Waals surface area contributed by atoms with Gasteiger partial charge < -0.3 is 9.47 Å². The largest absolute Gasteiger partial charge is 0.493 e. The van der Waals surface area contributed by atoms with Crippen molar-refractivity contribution >= 4 is 39.4 Å². The molecule has 0 radical (unpaired) electrons.